The summed E-state index contributed by atoms with van der Waals surface area (Å²) in [7, 11) is 0. The van der Waals surface area contributed by atoms with Crippen molar-refractivity contribution in [2.75, 3.05) is 0 Å². The smallest absolute Gasteiger partial charge is 0.161 e. The van der Waals surface area contributed by atoms with Gasteiger partial charge in [-0.2, -0.15) is 0 Å². The van der Waals surface area contributed by atoms with Gasteiger partial charge in [-0.3, -0.25) is 4.79 Å². The van der Waals surface area contributed by atoms with E-state index in [0.29, 0.717) is 6.42 Å². The maximum absolute atomic E-state index is 12.0. The van der Waals surface area contributed by atoms with E-state index in [1.807, 2.05) is 0 Å². The first kappa shape index (κ1) is 10.9. The van der Waals surface area contributed by atoms with E-state index in [4.69, 9.17) is 0 Å². The molecular formula is C13H20O2. The summed E-state index contributed by atoms with van der Waals surface area (Å²) < 4.78 is 0. The minimum atomic E-state index is -0.794. The van der Waals surface area contributed by atoms with E-state index in [2.05, 4.69) is 13.8 Å². The summed E-state index contributed by atoms with van der Waals surface area (Å²) in [5.74, 6) is 0.179. The molecule has 0 amide bonds. The van der Waals surface area contributed by atoms with Gasteiger partial charge in [-0.15, -0.1) is 0 Å². The highest BCUT2D eigenvalue weighted by Gasteiger charge is 2.39. The highest BCUT2D eigenvalue weighted by Crippen LogP contribution is 2.47. The lowest BCUT2D eigenvalue weighted by Gasteiger charge is -2.25. The molecule has 0 spiro atoms. The molecule has 0 saturated heterocycles. The SMILES string of the molecule is CC1(O)CCC2=C(CCC2(C)C)C(=O)C1. The fourth-order valence-corrected chi connectivity index (χ4v) is 2.88. The number of ketones is 1. The summed E-state index contributed by atoms with van der Waals surface area (Å²) in [4.78, 5) is 12.0. The molecule has 1 atom stereocenters. The molecule has 2 aliphatic carbocycles. The van der Waals surface area contributed by atoms with Crippen molar-refractivity contribution in [1.29, 1.82) is 0 Å². The summed E-state index contributed by atoms with van der Waals surface area (Å²) in [5, 5.41) is 10.0. The fourth-order valence-electron chi connectivity index (χ4n) is 2.88. The van der Waals surface area contributed by atoms with E-state index in [1.54, 1.807) is 6.92 Å². The predicted octanol–water partition coefficient (Wildman–Crippen LogP) is 2.61. The normalized spacial score (nSPS) is 35.3. The number of rotatable bonds is 0. The van der Waals surface area contributed by atoms with Gasteiger partial charge in [0.1, 0.15) is 0 Å². The minimum absolute atomic E-state index is 0.172. The van der Waals surface area contributed by atoms with E-state index < -0.39 is 5.60 Å². The Balaban J connectivity index is 2.34. The van der Waals surface area contributed by atoms with Gasteiger partial charge in [-0.1, -0.05) is 19.4 Å². The summed E-state index contributed by atoms with van der Waals surface area (Å²) in [6.45, 7) is 6.20. The third-order valence-electron chi connectivity index (χ3n) is 3.97. The predicted molar refractivity (Wildman–Crippen MR) is 59.5 cm³/mol. The molecule has 0 radical (unpaired) electrons. The third-order valence-corrected chi connectivity index (χ3v) is 3.97. The van der Waals surface area contributed by atoms with Crippen molar-refractivity contribution < 1.29 is 9.90 Å². The largest absolute Gasteiger partial charge is 0.390 e. The number of allylic oxidation sites excluding steroid dienone is 2. The van der Waals surface area contributed by atoms with Crippen LogP contribution in [0.4, 0.5) is 0 Å². The molecule has 15 heavy (non-hydrogen) atoms. The van der Waals surface area contributed by atoms with Crippen molar-refractivity contribution in [3.63, 3.8) is 0 Å². The second-order valence-corrected chi connectivity index (χ2v) is 5.94. The molecule has 2 heteroatoms. The van der Waals surface area contributed by atoms with Gasteiger partial charge in [-0.25, -0.2) is 0 Å². The first-order chi connectivity index (χ1) is 6.82. The van der Waals surface area contributed by atoms with Crippen molar-refractivity contribution in [3.8, 4) is 0 Å². The van der Waals surface area contributed by atoms with Crippen molar-refractivity contribution in [2.24, 2.45) is 5.41 Å². The summed E-state index contributed by atoms with van der Waals surface area (Å²) in [6, 6.07) is 0. The van der Waals surface area contributed by atoms with Crippen LogP contribution in [0.25, 0.3) is 0 Å². The Hall–Kier alpha value is -0.630. The molecule has 2 nitrogen and oxygen atoms in total. The lowest BCUT2D eigenvalue weighted by molar-refractivity contribution is -0.119. The third kappa shape index (κ3) is 1.87. The number of aliphatic hydroxyl groups is 1. The molecule has 0 fully saturated rings. The average molecular weight is 208 g/mol. The minimum Gasteiger partial charge on any atom is -0.390 e. The second kappa shape index (κ2) is 3.18. The van der Waals surface area contributed by atoms with Crippen molar-refractivity contribution >= 4 is 5.78 Å². The first-order valence-corrected chi connectivity index (χ1v) is 5.80. The van der Waals surface area contributed by atoms with Gasteiger partial charge in [0.05, 0.1) is 5.60 Å². The Bertz CT molecular complexity index is 334. The molecule has 0 saturated carbocycles. The maximum Gasteiger partial charge on any atom is 0.161 e. The van der Waals surface area contributed by atoms with Gasteiger partial charge < -0.3 is 5.11 Å². The van der Waals surface area contributed by atoms with Gasteiger partial charge >= 0.3 is 0 Å². The monoisotopic (exact) mass is 208 g/mol. The standard InChI is InChI=1S/C13H20O2/c1-12(2)6-4-9-10(12)5-7-13(3,15)8-11(9)14/h15H,4-8H2,1-3H3. The topological polar surface area (TPSA) is 37.3 Å². The molecule has 0 aromatic heterocycles. The Morgan fingerprint density at radius 3 is 2.47 bits per heavy atom. The molecule has 0 aromatic rings. The van der Waals surface area contributed by atoms with Crippen LogP contribution in [0, 0.1) is 5.41 Å². The Morgan fingerprint density at radius 2 is 1.80 bits per heavy atom. The maximum atomic E-state index is 12.0. The number of hydrogen-bond donors (Lipinski definition) is 1. The quantitative estimate of drug-likeness (QED) is 0.664. The molecule has 0 bridgehead atoms. The van der Waals surface area contributed by atoms with E-state index in [9.17, 15) is 9.90 Å². The molecule has 2 rings (SSSR count). The van der Waals surface area contributed by atoms with Crippen LogP contribution in [0.5, 0.6) is 0 Å². The van der Waals surface area contributed by atoms with Crippen molar-refractivity contribution in [3.05, 3.63) is 11.1 Å². The lowest BCUT2D eigenvalue weighted by atomic mass is 9.82. The molecular weight excluding hydrogens is 188 g/mol. The number of hydrogen-bond acceptors (Lipinski definition) is 2. The van der Waals surface area contributed by atoms with Gasteiger partial charge in [0.15, 0.2) is 5.78 Å². The fraction of sp³-hybridized carbons (Fsp3) is 0.769. The zero-order chi connectivity index (χ0) is 11.3. The number of Topliss-reactive ketones (excluding diaryl/α,β-unsaturated/α-hetero) is 1. The van der Waals surface area contributed by atoms with Gasteiger partial charge in [-0.05, 0) is 43.6 Å². The second-order valence-electron chi connectivity index (χ2n) is 5.94. The lowest BCUT2D eigenvalue weighted by Crippen LogP contribution is -2.26. The van der Waals surface area contributed by atoms with E-state index in [-0.39, 0.29) is 11.2 Å². The highest BCUT2D eigenvalue weighted by molar-refractivity contribution is 5.97. The Kier molecular flexibility index (Phi) is 2.30. The zero-order valence-electron chi connectivity index (χ0n) is 9.89. The van der Waals surface area contributed by atoms with Gasteiger partial charge in [0.25, 0.3) is 0 Å². The first-order valence-electron chi connectivity index (χ1n) is 5.80. The summed E-state index contributed by atoms with van der Waals surface area (Å²) in [5.41, 5.74) is 1.71. The van der Waals surface area contributed by atoms with Crippen LogP contribution in [0.15, 0.2) is 11.1 Å². The van der Waals surface area contributed by atoms with Crippen LogP contribution in [-0.2, 0) is 4.79 Å². The van der Waals surface area contributed by atoms with Gasteiger partial charge in [0, 0.05) is 6.42 Å². The van der Waals surface area contributed by atoms with Crippen LogP contribution in [0.3, 0.4) is 0 Å². The molecule has 0 aliphatic heterocycles. The van der Waals surface area contributed by atoms with Crippen molar-refractivity contribution in [1.82, 2.24) is 0 Å². The van der Waals surface area contributed by atoms with Crippen molar-refractivity contribution in [2.45, 2.75) is 58.5 Å². The van der Waals surface area contributed by atoms with Crippen LogP contribution >= 0.6 is 0 Å². The van der Waals surface area contributed by atoms with E-state index in [0.717, 1.165) is 31.3 Å². The molecule has 1 unspecified atom stereocenters. The summed E-state index contributed by atoms with van der Waals surface area (Å²) >= 11 is 0. The van der Waals surface area contributed by atoms with Crippen LogP contribution in [0.2, 0.25) is 0 Å². The molecule has 1 N–H and O–H groups in total. The van der Waals surface area contributed by atoms with Crippen LogP contribution in [-0.4, -0.2) is 16.5 Å². The number of carbonyl (C=O) groups is 1. The van der Waals surface area contributed by atoms with E-state index >= 15 is 0 Å². The van der Waals surface area contributed by atoms with Gasteiger partial charge in [0.2, 0.25) is 0 Å². The number of carbonyl (C=O) groups excluding carboxylic acids is 1. The molecule has 2 aliphatic rings. The summed E-state index contributed by atoms with van der Waals surface area (Å²) in [6.07, 6.45) is 3.92. The molecule has 84 valence electrons. The molecule has 0 heterocycles. The molecule has 0 aromatic carbocycles. The average Bonchev–Trinajstić information content (AvgIpc) is 2.30. The highest BCUT2D eigenvalue weighted by atomic mass is 16.3. The van der Waals surface area contributed by atoms with E-state index in [1.165, 1.54) is 5.57 Å². The Morgan fingerprint density at radius 1 is 1.13 bits per heavy atom. The Labute approximate surface area is 91.4 Å². The van der Waals surface area contributed by atoms with Crippen LogP contribution < -0.4 is 0 Å². The van der Waals surface area contributed by atoms with Crippen LogP contribution in [0.1, 0.15) is 52.9 Å². The zero-order valence-corrected chi connectivity index (χ0v) is 9.89.